The van der Waals surface area contributed by atoms with E-state index in [1.165, 1.54) is 0 Å². The lowest BCUT2D eigenvalue weighted by Crippen LogP contribution is -2.13. The zero-order valence-electron chi connectivity index (χ0n) is 10.3. The van der Waals surface area contributed by atoms with Gasteiger partial charge in [-0.2, -0.15) is 0 Å². The average Bonchev–Trinajstić information content (AvgIpc) is 2.83. The highest BCUT2D eigenvalue weighted by molar-refractivity contribution is 6.34. The summed E-state index contributed by atoms with van der Waals surface area (Å²) in [5.41, 5.74) is 7.55. The molecule has 3 rings (SSSR count). The van der Waals surface area contributed by atoms with E-state index in [9.17, 15) is 0 Å². The summed E-state index contributed by atoms with van der Waals surface area (Å²) < 4.78 is 5.74. The number of fused-ring (bicyclic) bond motifs is 1. The van der Waals surface area contributed by atoms with Gasteiger partial charge in [0.2, 0.25) is 0 Å². The summed E-state index contributed by atoms with van der Waals surface area (Å²) in [5, 5.41) is 1.51. The van der Waals surface area contributed by atoms with Crippen LogP contribution in [0.25, 0.3) is 11.0 Å². The summed E-state index contributed by atoms with van der Waals surface area (Å²) in [5.74, 6) is 1.32. The molecule has 5 heteroatoms. The van der Waals surface area contributed by atoms with Crippen LogP contribution in [0.1, 0.15) is 23.3 Å². The molecule has 0 radical (unpaired) electrons. The molecule has 1 unspecified atom stereocenters. The number of halogens is 1. The minimum Gasteiger partial charge on any atom is -0.457 e. The molecule has 0 amide bonds. The van der Waals surface area contributed by atoms with E-state index in [-0.39, 0.29) is 0 Å². The van der Waals surface area contributed by atoms with E-state index in [2.05, 4.69) is 9.97 Å². The number of nitrogens with two attached hydrogens (primary N) is 1. The number of benzene rings is 1. The standard InChI is InChI=1S/C14H12ClN3O/c1-8-17-6-5-11(18-8)13(16)12-7-9-3-2-4-10(15)14(9)19-12/h2-7,13H,16H2,1H3. The first-order valence-electron chi connectivity index (χ1n) is 5.88. The molecular formula is C14H12ClN3O. The molecule has 0 aliphatic rings. The fraction of sp³-hybridized carbons (Fsp3) is 0.143. The zero-order chi connectivity index (χ0) is 13.4. The van der Waals surface area contributed by atoms with Gasteiger partial charge in [0.15, 0.2) is 5.58 Å². The lowest BCUT2D eigenvalue weighted by Gasteiger charge is -2.07. The first-order chi connectivity index (χ1) is 9.15. The molecule has 4 nitrogen and oxygen atoms in total. The third-order valence-electron chi connectivity index (χ3n) is 2.94. The quantitative estimate of drug-likeness (QED) is 0.778. The predicted molar refractivity (Wildman–Crippen MR) is 74.0 cm³/mol. The van der Waals surface area contributed by atoms with Gasteiger partial charge in [-0.05, 0) is 25.1 Å². The molecule has 1 aromatic carbocycles. The maximum atomic E-state index is 6.17. The van der Waals surface area contributed by atoms with Crippen LogP contribution in [0, 0.1) is 6.92 Å². The zero-order valence-corrected chi connectivity index (χ0v) is 11.1. The second kappa shape index (κ2) is 4.64. The van der Waals surface area contributed by atoms with Crippen molar-refractivity contribution in [3.8, 4) is 0 Å². The van der Waals surface area contributed by atoms with Crippen molar-refractivity contribution in [3.63, 3.8) is 0 Å². The van der Waals surface area contributed by atoms with Crippen LogP contribution in [0.4, 0.5) is 0 Å². The third-order valence-corrected chi connectivity index (χ3v) is 3.24. The van der Waals surface area contributed by atoms with Crippen LogP contribution < -0.4 is 5.73 Å². The van der Waals surface area contributed by atoms with Crippen LogP contribution in [0.15, 0.2) is 40.9 Å². The van der Waals surface area contributed by atoms with Gasteiger partial charge in [-0.3, -0.25) is 0 Å². The fourth-order valence-electron chi connectivity index (χ4n) is 1.99. The number of nitrogens with zero attached hydrogens (tertiary/aromatic N) is 2. The van der Waals surface area contributed by atoms with Gasteiger partial charge in [0.05, 0.1) is 10.7 Å². The largest absolute Gasteiger partial charge is 0.457 e. The lowest BCUT2D eigenvalue weighted by molar-refractivity contribution is 0.520. The Bertz CT molecular complexity index is 738. The summed E-state index contributed by atoms with van der Waals surface area (Å²) in [6.45, 7) is 1.83. The second-order valence-electron chi connectivity index (χ2n) is 4.31. The molecular weight excluding hydrogens is 262 g/mol. The van der Waals surface area contributed by atoms with Gasteiger partial charge in [-0.1, -0.05) is 23.7 Å². The monoisotopic (exact) mass is 273 g/mol. The van der Waals surface area contributed by atoms with E-state index in [1.807, 2.05) is 25.1 Å². The van der Waals surface area contributed by atoms with Crippen molar-refractivity contribution in [1.29, 1.82) is 0 Å². The number of furan rings is 1. The number of aryl methyl sites for hydroxylation is 1. The average molecular weight is 274 g/mol. The van der Waals surface area contributed by atoms with Crippen molar-refractivity contribution < 1.29 is 4.42 Å². The molecule has 96 valence electrons. The minimum atomic E-state index is -0.426. The van der Waals surface area contributed by atoms with Gasteiger partial charge >= 0.3 is 0 Å². The van der Waals surface area contributed by atoms with Crippen LogP contribution in [0.5, 0.6) is 0 Å². The smallest absolute Gasteiger partial charge is 0.152 e. The van der Waals surface area contributed by atoms with Gasteiger partial charge in [-0.15, -0.1) is 0 Å². The second-order valence-corrected chi connectivity index (χ2v) is 4.72. The van der Waals surface area contributed by atoms with Crippen molar-refractivity contribution in [2.75, 3.05) is 0 Å². The van der Waals surface area contributed by atoms with E-state index in [0.717, 1.165) is 11.1 Å². The molecule has 2 aromatic heterocycles. The van der Waals surface area contributed by atoms with Crippen LogP contribution in [0.2, 0.25) is 5.02 Å². The highest BCUT2D eigenvalue weighted by Crippen LogP contribution is 2.30. The number of hydrogen-bond acceptors (Lipinski definition) is 4. The van der Waals surface area contributed by atoms with Gasteiger partial charge in [0.1, 0.15) is 17.6 Å². The first-order valence-corrected chi connectivity index (χ1v) is 6.26. The molecule has 2 heterocycles. The molecule has 0 aliphatic carbocycles. The first kappa shape index (κ1) is 12.1. The van der Waals surface area contributed by atoms with E-state index >= 15 is 0 Å². The molecule has 0 saturated heterocycles. The molecule has 3 aromatic rings. The number of hydrogen-bond donors (Lipinski definition) is 1. The lowest BCUT2D eigenvalue weighted by atomic mass is 10.1. The summed E-state index contributed by atoms with van der Waals surface area (Å²) in [7, 11) is 0. The molecule has 0 spiro atoms. The summed E-state index contributed by atoms with van der Waals surface area (Å²) in [6, 6.07) is 8.86. The summed E-state index contributed by atoms with van der Waals surface area (Å²) in [6.07, 6.45) is 1.69. The molecule has 19 heavy (non-hydrogen) atoms. The molecule has 1 atom stereocenters. The van der Waals surface area contributed by atoms with Crippen molar-refractivity contribution in [2.45, 2.75) is 13.0 Å². The third kappa shape index (κ3) is 2.20. The Hall–Kier alpha value is -1.91. The normalized spacial score (nSPS) is 12.8. The van der Waals surface area contributed by atoms with Crippen LogP contribution in [-0.4, -0.2) is 9.97 Å². The van der Waals surface area contributed by atoms with Crippen LogP contribution >= 0.6 is 11.6 Å². The minimum absolute atomic E-state index is 0.426. The van der Waals surface area contributed by atoms with Crippen LogP contribution in [-0.2, 0) is 0 Å². The van der Waals surface area contributed by atoms with Crippen molar-refractivity contribution in [3.05, 3.63) is 58.8 Å². The SMILES string of the molecule is Cc1nccc(C(N)c2cc3cccc(Cl)c3o2)n1. The Balaban J connectivity index is 2.06. The Morgan fingerprint density at radius 3 is 2.89 bits per heavy atom. The van der Waals surface area contributed by atoms with Gasteiger partial charge in [0, 0.05) is 11.6 Å². The van der Waals surface area contributed by atoms with Gasteiger partial charge in [0.25, 0.3) is 0 Å². The van der Waals surface area contributed by atoms with Crippen molar-refractivity contribution in [2.24, 2.45) is 5.73 Å². The maximum Gasteiger partial charge on any atom is 0.152 e. The van der Waals surface area contributed by atoms with E-state index in [0.29, 0.717) is 22.2 Å². The Morgan fingerprint density at radius 1 is 1.32 bits per heavy atom. The van der Waals surface area contributed by atoms with Crippen molar-refractivity contribution in [1.82, 2.24) is 9.97 Å². The van der Waals surface area contributed by atoms with E-state index in [4.69, 9.17) is 21.8 Å². The Labute approximate surface area is 115 Å². The molecule has 0 saturated carbocycles. The number of para-hydroxylation sites is 1. The molecule has 0 fully saturated rings. The Kier molecular flexibility index (Phi) is 2.97. The van der Waals surface area contributed by atoms with Gasteiger partial charge in [-0.25, -0.2) is 9.97 Å². The topological polar surface area (TPSA) is 64.9 Å². The highest BCUT2D eigenvalue weighted by Gasteiger charge is 2.16. The fourth-order valence-corrected chi connectivity index (χ4v) is 2.21. The molecule has 0 bridgehead atoms. The summed E-state index contributed by atoms with van der Waals surface area (Å²) >= 11 is 6.09. The van der Waals surface area contributed by atoms with E-state index < -0.39 is 6.04 Å². The number of rotatable bonds is 2. The maximum absolute atomic E-state index is 6.17. The predicted octanol–water partition coefficient (Wildman–Crippen LogP) is 3.23. The highest BCUT2D eigenvalue weighted by atomic mass is 35.5. The van der Waals surface area contributed by atoms with Crippen molar-refractivity contribution >= 4 is 22.6 Å². The molecule has 0 aliphatic heterocycles. The number of aromatic nitrogens is 2. The summed E-state index contributed by atoms with van der Waals surface area (Å²) in [4.78, 5) is 8.37. The van der Waals surface area contributed by atoms with Crippen LogP contribution in [0.3, 0.4) is 0 Å². The van der Waals surface area contributed by atoms with E-state index in [1.54, 1.807) is 18.3 Å². The molecule has 2 N–H and O–H groups in total. The van der Waals surface area contributed by atoms with Gasteiger partial charge < -0.3 is 10.2 Å². The Morgan fingerprint density at radius 2 is 2.16 bits per heavy atom.